The average molecular weight is 332 g/mol. The van der Waals surface area contributed by atoms with E-state index in [9.17, 15) is 14.4 Å². The van der Waals surface area contributed by atoms with Crippen LogP contribution in [0.3, 0.4) is 0 Å². The van der Waals surface area contributed by atoms with Crippen molar-refractivity contribution in [1.29, 1.82) is 0 Å². The summed E-state index contributed by atoms with van der Waals surface area (Å²) in [6, 6.07) is 6.09. The van der Waals surface area contributed by atoms with Gasteiger partial charge in [0.05, 0.1) is 12.7 Å². The molecule has 0 unspecified atom stereocenters. The maximum absolute atomic E-state index is 12.6. The topological polar surface area (TPSA) is 75.7 Å². The molecule has 1 aromatic carbocycles. The molecule has 0 radical (unpaired) electrons. The summed E-state index contributed by atoms with van der Waals surface area (Å²) in [6.07, 6.45) is 1.45. The van der Waals surface area contributed by atoms with Crippen molar-refractivity contribution in [3.05, 3.63) is 29.8 Å². The molecule has 1 saturated heterocycles. The lowest BCUT2D eigenvalue weighted by Gasteiger charge is -2.30. The van der Waals surface area contributed by atoms with Gasteiger partial charge in [-0.15, -0.1) is 0 Å². The summed E-state index contributed by atoms with van der Waals surface area (Å²) >= 11 is 0. The molecule has 6 heteroatoms. The molecule has 0 spiro atoms. The summed E-state index contributed by atoms with van der Waals surface area (Å²) < 4.78 is 4.68. The standard InChI is InChI=1S/C18H24N2O4/c1-18(2,3)17(23)20-10-6-9-14(20)15(21)19-13-8-5-7-12(11-13)16(22)24-4/h5,7-8,11,14H,6,9-10H2,1-4H3,(H,19,21)/t14-/m1/s1. The SMILES string of the molecule is COC(=O)c1cccc(NC(=O)[C@H]2CCCN2C(=O)C(C)(C)C)c1. The highest BCUT2D eigenvalue weighted by Crippen LogP contribution is 2.26. The first-order valence-corrected chi connectivity index (χ1v) is 8.04. The number of rotatable bonds is 3. The first kappa shape index (κ1) is 18.0. The minimum atomic E-state index is -0.520. The molecule has 24 heavy (non-hydrogen) atoms. The molecule has 1 fully saturated rings. The molecular formula is C18H24N2O4. The Bertz CT molecular complexity index is 649. The fourth-order valence-corrected chi connectivity index (χ4v) is 2.78. The van der Waals surface area contributed by atoms with Crippen LogP contribution in [-0.4, -0.2) is 42.4 Å². The molecule has 2 amide bonds. The zero-order valence-electron chi connectivity index (χ0n) is 14.6. The third kappa shape index (κ3) is 3.93. The van der Waals surface area contributed by atoms with Crippen molar-refractivity contribution < 1.29 is 19.1 Å². The van der Waals surface area contributed by atoms with E-state index in [1.807, 2.05) is 20.8 Å². The Hall–Kier alpha value is -2.37. The number of likely N-dealkylation sites (tertiary alicyclic amines) is 1. The van der Waals surface area contributed by atoms with E-state index in [-0.39, 0.29) is 11.8 Å². The highest BCUT2D eigenvalue weighted by Gasteiger charge is 2.38. The second kappa shape index (κ2) is 7.03. The Balaban J connectivity index is 2.12. The van der Waals surface area contributed by atoms with Crippen molar-refractivity contribution >= 4 is 23.5 Å². The van der Waals surface area contributed by atoms with Crippen molar-refractivity contribution in [3.63, 3.8) is 0 Å². The van der Waals surface area contributed by atoms with Crippen LogP contribution in [0.25, 0.3) is 0 Å². The minimum Gasteiger partial charge on any atom is -0.465 e. The molecule has 130 valence electrons. The largest absolute Gasteiger partial charge is 0.465 e. The van der Waals surface area contributed by atoms with Crippen molar-refractivity contribution in [2.75, 3.05) is 19.0 Å². The molecule has 1 N–H and O–H groups in total. The molecular weight excluding hydrogens is 308 g/mol. The number of benzene rings is 1. The van der Waals surface area contributed by atoms with Crippen LogP contribution in [0.4, 0.5) is 5.69 Å². The Morgan fingerprint density at radius 2 is 1.96 bits per heavy atom. The lowest BCUT2D eigenvalue weighted by atomic mass is 9.94. The predicted octanol–water partition coefficient (Wildman–Crippen LogP) is 2.45. The van der Waals surface area contributed by atoms with Crippen molar-refractivity contribution in [3.8, 4) is 0 Å². The zero-order valence-corrected chi connectivity index (χ0v) is 14.6. The molecule has 0 aliphatic carbocycles. The number of carbonyl (C=O) groups excluding carboxylic acids is 3. The van der Waals surface area contributed by atoms with Gasteiger partial charge in [-0.1, -0.05) is 26.8 Å². The van der Waals surface area contributed by atoms with Crippen LogP contribution in [0.1, 0.15) is 44.0 Å². The van der Waals surface area contributed by atoms with Crippen molar-refractivity contribution in [2.45, 2.75) is 39.7 Å². The van der Waals surface area contributed by atoms with Crippen molar-refractivity contribution in [2.24, 2.45) is 5.41 Å². The van der Waals surface area contributed by atoms with Gasteiger partial charge >= 0.3 is 5.97 Å². The predicted molar refractivity (Wildman–Crippen MR) is 90.6 cm³/mol. The van der Waals surface area contributed by atoms with Crippen LogP contribution in [-0.2, 0) is 14.3 Å². The summed E-state index contributed by atoms with van der Waals surface area (Å²) in [5.74, 6) is -0.716. The van der Waals surface area contributed by atoms with Gasteiger partial charge in [0.15, 0.2) is 0 Å². The number of carbonyl (C=O) groups is 3. The lowest BCUT2D eigenvalue weighted by molar-refractivity contribution is -0.143. The van der Waals surface area contributed by atoms with Crippen LogP contribution in [0.15, 0.2) is 24.3 Å². The normalized spacial score (nSPS) is 17.5. The van der Waals surface area contributed by atoms with Crippen LogP contribution in [0.2, 0.25) is 0 Å². The van der Waals surface area contributed by atoms with Crippen LogP contribution in [0.5, 0.6) is 0 Å². The van der Waals surface area contributed by atoms with E-state index in [1.54, 1.807) is 29.2 Å². The van der Waals surface area contributed by atoms with Gasteiger partial charge in [0, 0.05) is 17.6 Å². The zero-order chi connectivity index (χ0) is 17.9. The van der Waals surface area contributed by atoms with Crippen molar-refractivity contribution in [1.82, 2.24) is 4.90 Å². The van der Waals surface area contributed by atoms with Gasteiger partial charge in [0.1, 0.15) is 6.04 Å². The fraction of sp³-hybridized carbons (Fsp3) is 0.500. The van der Waals surface area contributed by atoms with Gasteiger partial charge in [0.25, 0.3) is 0 Å². The molecule has 1 heterocycles. The number of nitrogens with one attached hydrogen (secondary N) is 1. The van der Waals surface area contributed by atoms with E-state index in [2.05, 4.69) is 10.1 Å². The third-order valence-electron chi connectivity index (χ3n) is 4.01. The van der Waals surface area contributed by atoms with Gasteiger partial charge in [0.2, 0.25) is 11.8 Å². The van der Waals surface area contributed by atoms with Gasteiger partial charge in [-0.25, -0.2) is 4.79 Å². The van der Waals surface area contributed by atoms with E-state index in [0.717, 1.165) is 6.42 Å². The fourth-order valence-electron chi connectivity index (χ4n) is 2.78. The van der Waals surface area contributed by atoms with Gasteiger partial charge in [-0.3, -0.25) is 9.59 Å². The van der Waals surface area contributed by atoms with E-state index in [0.29, 0.717) is 24.2 Å². The molecule has 1 aromatic rings. The number of nitrogens with zero attached hydrogens (tertiary/aromatic N) is 1. The molecule has 1 aliphatic heterocycles. The Morgan fingerprint density at radius 1 is 1.25 bits per heavy atom. The monoisotopic (exact) mass is 332 g/mol. The smallest absolute Gasteiger partial charge is 0.337 e. The minimum absolute atomic E-state index is 0.0246. The second-order valence-corrected chi connectivity index (χ2v) is 6.97. The van der Waals surface area contributed by atoms with E-state index in [4.69, 9.17) is 0 Å². The van der Waals surface area contributed by atoms with E-state index >= 15 is 0 Å². The number of hydrogen-bond acceptors (Lipinski definition) is 4. The quantitative estimate of drug-likeness (QED) is 0.863. The first-order valence-electron chi connectivity index (χ1n) is 8.04. The molecule has 0 aromatic heterocycles. The molecule has 6 nitrogen and oxygen atoms in total. The van der Waals surface area contributed by atoms with Gasteiger partial charge < -0.3 is 15.0 Å². The first-order chi connectivity index (χ1) is 11.2. The summed E-state index contributed by atoms with van der Waals surface area (Å²) in [4.78, 5) is 38.3. The number of amides is 2. The Kier molecular flexibility index (Phi) is 5.26. The van der Waals surface area contributed by atoms with Crippen LogP contribution >= 0.6 is 0 Å². The molecule has 2 rings (SSSR count). The number of anilines is 1. The number of esters is 1. The number of methoxy groups -OCH3 is 1. The summed E-state index contributed by atoms with van der Waals surface area (Å²) in [5, 5.41) is 2.80. The highest BCUT2D eigenvalue weighted by atomic mass is 16.5. The van der Waals surface area contributed by atoms with Gasteiger partial charge in [-0.05, 0) is 31.0 Å². The average Bonchev–Trinajstić information content (AvgIpc) is 3.02. The number of ether oxygens (including phenoxy) is 1. The Morgan fingerprint density at radius 3 is 2.58 bits per heavy atom. The Labute approximate surface area is 142 Å². The molecule has 1 aliphatic rings. The van der Waals surface area contributed by atoms with Crippen LogP contribution < -0.4 is 5.32 Å². The van der Waals surface area contributed by atoms with E-state index < -0.39 is 17.4 Å². The summed E-state index contributed by atoms with van der Waals surface area (Å²) in [7, 11) is 1.31. The molecule has 0 saturated carbocycles. The highest BCUT2D eigenvalue weighted by molar-refractivity contribution is 5.99. The second-order valence-electron chi connectivity index (χ2n) is 6.97. The molecule has 0 bridgehead atoms. The summed E-state index contributed by atoms with van der Waals surface area (Å²) in [6.45, 7) is 6.14. The van der Waals surface area contributed by atoms with Gasteiger partial charge in [-0.2, -0.15) is 0 Å². The maximum Gasteiger partial charge on any atom is 0.337 e. The number of hydrogen-bond donors (Lipinski definition) is 1. The molecule has 1 atom stereocenters. The van der Waals surface area contributed by atoms with E-state index in [1.165, 1.54) is 7.11 Å². The lowest BCUT2D eigenvalue weighted by Crippen LogP contribution is -2.47. The summed E-state index contributed by atoms with van der Waals surface area (Å²) in [5.41, 5.74) is 0.357. The third-order valence-corrected chi connectivity index (χ3v) is 4.01. The van der Waals surface area contributed by atoms with Crippen LogP contribution in [0, 0.1) is 5.41 Å². The maximum atomic E-state index is 12.6.